The number of aromatic nitrogens is 1. The fourth-order valence-corrected chi connectivity index (χ4v) is 3.94. The Labute approximate surface area is 138 Å². The summed E-state index contributed by atoms with van der Waals surface area (Å²) in [5.74, 6) is -1.69. The van der Waals surface area contributed by atoms with E-state index < -0.39 is 21.9 Å². The molecule has 0 amide bonds. The summed E-state index contributed by atoms with van der Waals surface area (Å²) in [6.45, 7) is 1.56. The number of benzene rings is 2. The van der Waals surface area contributed by atoms with Crippen LogP contribution in [-0.4, -0.2) is 29.7 Å². The van der Waals surface area contributed by atoms with E-state index in [1.54, 1.807) is 43.3 Å². The zero-order valence-electron chi connectivity index (χ0n) is 12.4. The zero-order valence-corrected chi connectivity index (χ0v) is 14.0. The van der Waals surface area contributed by atoms with Gasteiger partial charge in [0.1, 0.15) is 0 Å². The number of halogens is 1. The zero-order chi connectivity index (χ0) is 16.9. The van der Waals surface area contributed by atoms with Crippen LogP contribution >= 0.6 is 11.6 Å². The summed E-state index contributed by atoms with van der Waals surface area (Å²) in [5, 5.41) is 11.1. The molecule has 3 rings (SSSR count). The molecule has 1 unspecified atom stereocenters. The first kappa shape index (κ1) is 15.8. The lowest BCUT2D eigenvalue weighted by molar-refractivity contribution is -0.138. The maximum Gasteiger partial charge on any atom is 0.310 e. The smallest absolute Gasteiger partial charge is 0.310 e. The van der Waals surface area contributed by atoms with Crippen LogP contribution in [0.2, 0.25) is 5.02 Å². The van der Waals surface area contributed by atoms with Crippen LogP contribution in [-0.2, 0) is 14.8 Å². The fraction of sp³-hybridized carbons (Fsp3) is 0.188. The minimum absolute atomic E-state index is 0.454. The van der Waals surface area contributed by atoms with Gasteiger partial charge in [-0.05, 0) is 36.8 Å². The standard InChI is InChI=1S/C16H14ClNO4S/c1-9(16(19)20)10-3-5-12-13-8-11(17)4-6-14(13)18(15(12)7-10)23(2,21)22/h3-9H,1-2H3,(H,19,20). The molecule has 1 N–H and O–H groups in total. The van der Waals surface area contributed by atoms with E-state index in [2.05, 4.69) is 0 Å². The maximum absolute atomic E-state index is 12.2. The van der Waals surface area contributed by atoms with Crippen LogP contribution in [0.5, 0.6) is 0 Å². The van der Waals surface area contributed by atoms with Crippen molar-refractivity contribution >= 4 is 49.4 Å². The molecule has 120 valence electrons. The van der Waals surface area contributed by atoms with Gasteiger partial charge in [0.25, 0.3) is 0 Å². The highest BCUT2D eigenvalue weighted by molar-refractivity contribution is 7.89. The van der Waals surface area contributed by atoms with E-state index in [9.17, 15) is 18.3 Å². The summed E-state index contributed by atoms with van der Waals surface area (Å²) in [5.41, 5.74) is 1.52. The molecule has 2 aromatic carbocycles. The van der Waals surface area contributed by atoms with Gasteiger partial charge in [-0.1, -0.05) is 23.7 Å². The van der Waals surface area contributed by atoms with Crippen LogP contribution in [0.15, 0.2) is 36.4 Å². The lowest BCUT2D eigenvalue weighted by atomic mass is 10.00. The molecule has 0 saturated heterocycles. The number of rotatable bonds is 3. The van der Waals surface area contributed by atoms with E-state index in [1.807, 2.05) is 0 Å². The Balaban J connectivity index is 2.47. The van der Waals surface area contributed by atoms with Gasteiger partial charge in [0, 0.05) is 15.8 Å². The molecule has 0 spiro atoms. The first-order valence-electron chi connectivity index (χ1n) is 6.87. The number of hydrogen-bond acceptors (Lipinski definition) is 3. The molecule has 23 heavy (non-hydrogen) atoms. The van der Waals surface area contributed by atoms with Crippen LogP contribution < -0.4 is 0 Å². The van der Waals surface area contributed by atoms with Gasteiger partial charge in [0.05, 0.1) is 23.2 Å². The monoisotopic (exact) mass is 351 g/mol. The van der Waals surface area contributed by atoms with Crippen LogP contribution in [0.1, 0.15) is 18.4 Å². The summed E-state index contributed by atoms with van der Waals surface area (Å²) in [4.78, 5) is 11.2. The van der Waals surface area contributed by atoms with E-state index in [1.165, 1.54) is 3.97 Å². The topological polar surface area (TPSA) is 76.4 Å². The van der Waals surface area contributed by atoms with Crippen molar-refractivity contribution in [3.63, 3.8) is 0 Å². The number of fused-ring (bicyclic) bond motifs is 3. The molecular formula is C16H14ClNO4S. The molecule has 0 bridgehead atoms. The van der Waals surface area contributed by atoms with Crippen LogP contribution in [0, 0.1) is 0 Å². The fourth-order valence-electron chi connectivity index (χ4n) is 2.74. The molecule has 0 aliphatic carbocycles. The normalized spacial score (nSPS) is 13.5. The molecule has 0 radical (unpaired) electrons. The van der Waals surface area contributed by atoms with Crippen molar-refractivity contribution in [1.82, 2.24) is 3.97 Å². The van der Waals surface area contributed by atoms with Gasteiger partial charge in [-0.2, -0.15) is 0 Å². The lowest BCUT2D eigenvalue weighted by Crippen LogP contribution is -2.10. The van der Waals surface area contributed by atoms with Crippen molar-refractivity contribution < 1.29 is 18.3 Å². The van der Waals surface area contributed by atoms with E-state index in [4.69, 9.17) is 11.6 Å². The largest absolute Gasteiger partial charge is 0.481 e. The second-order valence-electron chi connectivity index (χ2n) is 5.53. The van der Waals surface area contributed by atoms with Crippen LogP contribution in [0.3, 0.4) is 0 Å². The predicted octanol–water partition coefficient (Wildman–Crippen LogP) is 3.44. The van der Waals surface area contributed by atoms with Gasteiger partial charge < -0.3 is 5.11 Å². The summed E-state index contributed by atoms with van der Waals surface area (Å²) in [6, 6.07) is 10.0. The Morgan fingerprint density at radius 2 is 1.83 bits per heavy atom. The molecule has 1 aromatic heterocycles. The highest BCUT2D eigenvalue weighted by Crippen LogP contribution is 2.33. The molecule has 0 aliphatic rings. The molecule has 5 nitrogen and oxygen atoms in total. The molecule has 1 atom stereocenters. The number of carbonyl (C=O) groups is 1. The van der Waals surface area contributed by atoms with Crippen molar-refractivity contribution in [2.75, 3.05) is 6.26 Å². The molecule has 7 heteroatoms. The Kier molecular flexibility index (Phi) is 3.61. The van der Waals surface area contributed by atoms with Gasteiger partial charge in [-0.15, -0.1) is 0 Å². The molecule has 1 heterocycles. The van der Waals surface area contributed by atoms with Gasteiger partial charge in [0.15, 0.2) is 0 Å². The van der Waals surface area contributed by atoms with Crippen molar-refractivity contribution in [2.24, 2.45) is 0 Å². The number of hydrogen-bond donors (Lipinski definition) is 1. The van der Waals surface area contributed by atoms with Crippen molar-refractivity contribution in [3.05, 3.63) is 47.0 Å². The van der Waals surface area contributed by atoms with E-state index >= 15 is 0 Å². The highest BCUT2D eigenvalue weighted by atomic mass is 35.5. The average Bonchev–Trinajstić information content (AvgIpc) is 2.79. The number of nitrogens with zero attached hydrogens (tertiary/aromatic N) is 1. The Morgan fingerprint density at radius 3 is 2.43 bits per heavy atom. The molecule has 0 fully saturated rings. The molecule has 3 aromatic rings. The number of carboxylic acid groups (broad SMARTS) is 1. The first-order chi connectivity index (χ1) is 10.7. The minimum Gasteiger partial charge on any atom is -0.481 e. The third-order valence-electron chi connectivity index (χ3n) is 3.91. The highest BCUT2D eigenvalue weighted by Gasteiger charge is 2.20. The van der Waals surface area contributed by atoms with Crippen LogP contribution in [0.25, 0.3) is 21.8 Å². The summed E-state index contributed by atoms with van der Waals surface area (Å²) in [7, 11) is -3.56. The molecular weight excluding hydrogens is 338 g/mol. The quantitative estimate of drug-likeness (QED) is 0.784. The lowest BCUT2D eigenvalue weighted by Gasteiger charge is -2.08. The second-order valence-corrected chi connectivity index (χ2v) is 7.79. The van der Waals surface area contributed by atoms with Gasteiger partial charge in [-0.3, -0.25) is 4.79 Å². The SMILES string of the molecule is CC(C(=O)O)c1ccc2c3cc(Cl)ccc3n(S(C)(=O)=O)c2c1. The predicted molar refractivity (Wildman–Crippen MR) is 90.7 cm³/mol. The maximum atomic E-state index is 12.2. The van der Waals surface area contributed by atoms with Crippen molar-refractivity contribution in [2.45, 2.75) is 12.8 Å². The Hall–Kier alpha value is -2.05. The van der Waals surface area contributed by atoms with E-state index in [0.717, 1.165) is 6.26 Å². The molecule has 0 saturated carbocycles. The van der Waals surface area contributed by atoms with Crippen molar-refractivity contribution in [1.29, 1.82) is 0 Å². The van der Waals surface area contributed by atoms with E-state index in [0.29, 0.717) is 32.4 Å². The molecule has 0 aliphatic heterocycles. The third kappa shape index (κ3) is 2.58. The summed E-state index contributed by atoms with van der Waals surface area (Å²) >= 11 is 6.03. The Bertz CT molecular complexity index is 1050. The Morgan fingerprint density at radius 1 is 1.13 bits per heavy atom. The van der Waals surface area contributed by atoms with Gasteiger partial charge >= 0.3 is 5.97 Å². The van der Waals surface area contributed by atoms with Gasteiger partial charge in [0.2, 0.25) is 10.0 Å². The van der Waals surface area contributed by atoms with Crippen molar-refractivity contribution in [3.8, 4) is 0 Å². The number of aliphatic carboxylic acids is 1. The second kappa shape index (κ2) is 5.25. The van der Waals surface area contributed by atoms with E-state index in [-0.39, 0.29) is 0 Å². The van der Waals surface area contributed by atoms with Gasteiger partial charge in [-0.25, -0.2) is 12.4 Å². The summed E-state index contributed by atoms with van der Waals surface area (Å²) < 4.78 is 25.7. The number of carboxylic acids is 1. The first-order valence-corrected chi connectivity index (χ1v) is 9.10. The van der Waals surface area contributed by atoms with Crippen LogP contribution in [0.4, 0.5) is 0 Å². The third-order valence-corrected chi connectivity index (χ3v) is 5.20. The average molecular weight is 352 g/mol. The minimum atomic E-state index is -3.56. The summed E-state index contributed by atoms with van der Waals surface area (Å²) in [6.07, 6.45) is 1.12.